The Labute approximate surface area is 152 Å². The monoisotopic (exact) mass is 379 g/mol. The number of aromatic nitrogens is 2. The molecule has 0 radical (unpaired) electrons. The fourth-order valence-electron chi connectivity index (χ4n) is 3.06. The number of fused-ring (bicyclic) bond motifs is 1. The first kappa shape index (κ1) is 17.2. The van der Waals surface area contributed by atoms with Crippen LogP contribution < -0.4 is 14.2 Å². The second-order valence-corrected chi connectivity index (χ2v) is 8.00. The summed E-state index contributed by atoms with van der Waals surface area (Å²) >= 11 is 0. The van der Waals surface area contributed by atoms with E-state index in [9.17, 15) is 8.42 Å². The van der Waals surface area contributed by atoms with Crippen LogP contribution in [0, 0.1) is 0 Å². The molecule has 2 aliphatic rings. The summed E-state index contributed by atoms with van der Waals surface area (Å²) in [6.45, 7) is 2.45. The third kappa shape index (κ3) is 3.63. The molecule has 0 spiro atoms. The van der Waals surface area contributed by atoms with Crippen LogP contribution in [0.25, 0.3) is 0 Å². The summed E-state index contributed by atoms with van der Waals surface area (Å²) in [5.74, 6) is 1.01. The molecule has 9 heteroatoms. The van der Waals surface area contributed by atoms with E-state index in [2.05, 4.69) is 9.82 Å². The van der Waals surface area contributed by atoms with Crippen molar-refractivity contribution in [1.29, 1.82) is 0 Å². The summed E-state index contributed by atoms with van der Waals surface area (Å²) in [5.41, 5.74) is 0.434. The Hall–Kier alpha value is -2.26. The van der Waals surface area contributed by atoms with Crippen molar-refractivity contribution in [3.8, 4) is 11.5 Å². The highest BCUT2D eigenvalue weighted by Crippen LogP contribution is 2.32. The van der Waals surface area contributed by atoms with Gasteiger partial charge in [-0.25, -0.2) is 8.42 Å². The second kappa shape index (κ2) is 7.16. The van der Waals surface area contributed by atoms with Gasteiger partial charge in [-0.3, -0.25) is 9.40 Å². The molecule has 0 amide bonds. The minimum atomic E-state index is -3.74. The predicted molar refractivity (Wildman–Crippen MR) is 94.2 cm³/mol. The molecule has 0 bridgehead atoms. The van der Waals surface area contributed by atoms with Crippen molar-refractivity contribution in [2.75, 3.05) is 31.1 Å². The number of sulfonamides is 1. The van der Waals surface area contributed by atoms with Crippen LogP contribution in [0.1, 0.15) is 25.3 Å². The van der Waals surface area contributed by atoms with Crippen LogP contribution in [0.3, 0.4) is 0 Å². The first-order valence-corrected chi connectivity index (χ1v) is 10.1. The molecule has 3 heterocycles. The van der Waals surface area contributed by atoms with Crippen LogP contribution in [-0.4, -0.2) is 44.6 Å². The van der Waals surface area contributed by atoms with Crippen molar-refractivity contribution in [3.63, 3.8) is 0 Å². The van der Waals surface area contributed by atoms with Crippen LogP contribution in [0.5, 0.6) is 11.5 Å². The molecule has 1 aromatic heterocycles. The van der Waals surface area contributed by atoms with Gasteiger partial charge < -0.3 is 14.2 Å². The van der Waals surface area contributed by atoms with Gasteiger partial charge in [-0.2, -0.15) is 5.10 Å². The van der Waals surface area contributed by atoms with E-state index in [1.54, 1.807) is 16.9 Å². The Morgan fingerprint density at radius 3 is 2.65 bits per heavy atom. The Morgan fingerprint density at radius 1 is 1.08 bits per heavy atom. The fraction of sp³-hybridized carbons (Fsp3) is 0.471. The Morgan fingerprint density at radius 2 is 1.85 bits per heavy atom. The standard InChI is InChI=1S/C17H21N3O5S/c21-26(22,15-2-3-16-17(10-15)25-7-1-6-24-16)19-13-11-18-20(12-13)14-4-8-23-9-5-14/h2-3,10-12,14,19H,1,4-9H2. The largest absolute Gasteiger partial charge is 0.490 e. The lowest BCUT2D eigenvalue weighted by Crippen LogP contribution is -2.19. The van der Waals surface area contributed by atoms with Crippen LogP contribution in [0.2, 0.25) is 0 Å². The van der Waals surface area contributed by atoms with E-state index >= 15 is 0 Å². The van der Waals surface area contributed by atoms with Gasteiger partial charge in [0.2, 0.25) is 0 Å². The first-order valence-electron chi connectivity index (χ1n) is 8.66. The highest BCUT2D eigenvalue weighted by molar-refractivity contribution is 7.92. The molecule has 0 saturated carbocycles. The quantitative estimate of drug-likeness (QED) is 0.876. The van der Waals surface area contributed by atoms with Gasteiger partial charge >= 0.3 is 0 Å². The molecule has 1 fully saturated rings. The fourth-order valence-corrected chi connectivity index (χ4v) is 4.11. The topological polar surface area (TPSA) is 91.7 Å². The van der Waals surface area contributed by atoms with Crippen LogP contribution in [-0.2, 0) is 14.8 Å². The van der Waals surface area contributed by atoms with Gasteiger partial charge in [0, 0.05) is 31.9 Å². The molecule has 2 aliphatic heterocycles. The number of hydrogen-bond donors (Lipinski definition) is 1. The number of hydrogen-bond acceptors (Lipinski definition) is 6. The highest BCUT2D eigenvalue weighted by Gasteiger charge is 2.21. The van der Waals surface area contributed by atoms with E-state index in [1.807, 2.05) is 0 Å². The zero-order valence-corrected chi connectivity index (χ0v) is 15.1. The van der Waals surface area contributed by atoms with Crippen molar-refractivity contribution in [2.24, 2.45) is 0 Å². The van der Waals surface area contributed by atoms with E-state index in [1.165, 1.54) is 18.3 Å². The highest BCUT2D eigenvalue weighted by atomic mass is 32.2. The molecular formula is C17H21N3O5S. The maximum atomic E-state index is 12.7. The lowest BCUT2D eigenvalue weighted by Gasteiger charge is -2.22. The average molecular weight is 379 g/mol. The zero-order chi connectivity index (χ0) is 18.0. The van der Waals surface area contributed by atoms with E-state index < -0.39 is 10.0 Å². The molecule has 8 nitrogen and oxygen atoms in total. The Bertz CT molecular complexity index is 874. The first-order chi connectivity index (χ1) is 12.6. The predicted octanol–water partition coefficient (Wildman–Crippen LogP) is 2.20. The van der Waals surface area contributed by atoms with Gasteiger partial charge in [0.25, 0.3) is 10.0 Å². The molecule has 140 valence electrons. The van der Waals surface area contributed by atoms with Crippen molar-refractivity contribution in [2.45, 2.75) is 30.2 Å². The summed E-state index contributed by atoms with van der Waals surface area (Å²) in [5, 5.41) is 4.29. The minimum absolute atomic E-state index is 0.126. The lowest BCUT2D eigenvalue weighted by molar-refractivity contribution is 0.0662. The molecule has 26 heavy (non-hydrogen) atoms. The second-order valence-electron chi connectivity index (χ2n) is 6.32. The van der Waals surface area contributed by atoms with Crippen LogP contribution in [0.15, 0.2) is 35.5 Å². The summed E-state index contributed by atoms with van der Waals surface area (Å²) in [6, 6.07) is 4.87. The van der Waals surface area contributed by atoms with Crippen LogP contribution >= 0.6 is 0 Å². The van der Waals surface area contributed by atoms with Crippen molar-refractivity contribution < 1.29 is 22.6 Å². The summed E-state index contributed by atoms with van der Waals surface area (Å²) in [6.07, 6.45) is 5.75. The van der Waals surface area contributed by atoms with Gasteiger partial charge in [0.15, 0.2) is 11.5 Å². The molecule has 1 saturated heterocycles. The smallest absolute Gasteiger partial charge is 0.262 e. The summed E-state index contributed by atoms with van der Waals surface area (Å²) in [4.78, 5) is 0.126. The van der Waals surface area contributed by atoms with Crippen LogP contribution in [0.4, 0.5) is 5.69 Å². The molecule has 1 aromatic carbocycles. The third-order valence-electron chi connectivity index (χ3n) is 4.45. The van der Waals surface area contributed by atoms with Gasteiger partial charge in [-0.1, -0.05) is 0 Å². The third-order valence-corrected chi connectivity index (χ3v) is 5.83. The molecule has 0 aliphatic carbocycles. The van der Waals surface area contributed by atoms with Crippen molar-refractivity contribution >= 4 is 15.7 Å². The van der Waals surface area contributed by atoms with E-state index in [-0.39, 0.29) is 10.9 Å². The molecule has 4 rings (SSSR count). The molecule has 0 unspecified atom stereocenters. The van der Waals surface area contributed by atoms with E-state index in [4.69, 9.17) is 14.2 Å². The summed E-state index contributed by atoms with van der Waals surface area (Å²) < 4.78 is 46.2. The van der Waals surface area contributed by atoms with E-state index in [0.717, 1.165) is 19.3 Å². The van der Waals surface area contributed by atoms with Gasteiger partial charge in [0.1, 0.15) is 0 Å². The SMILES string of the molecule is O=S(=O)(Nc1cnn(C2CCOCC2)c1)c1ccc2c(c1)OCCCO2. The minimum Gasteiger partial charge on any atom is -0.490 e. The number of nitrogens with one attached hydrogen (secondary N) is 1. The number of benzene rings is 1. The molecule has 2 aromatic rings. The van der Waals surface area contributed by atoms with Crippen molar-refractivity contribution in [1.82, 2.24) is 9.78 Å². The Kier molecular flexibility index (Phi) is 4.73. The zero-order valence-electron chi connectivity index (χ0n) is 14.3. The van der Waals surface area contributed by atoms with Gasteiger partial charge in [0.05, 0.1) is 36.0 Å². The number of rotatable bonds is 4. The van der Waals surface area contributed by atoms with Gasteiger partial charge in [-0.15, -0.1) is 0 Å². The number of anilines is 1. The summed E-state index contributed by atoms with van der Waals surface area (Å²) in [7, 11) is -3.74. The van der Waals surface area contributed by atoms with E-state index in [0.29, 0.717) is 43.6 Å². The number of nitrogens with zero attached hydrogens (tertiary/aromatic N) is 2. The van der Waals surface area contributed by atoms with Crippen molar-refractivity contribution in [3.05, 3.63) is 30.6 Å². The Balaban J connectivity index is 1.52. The lowest BCUT2D eigenvalue weighted by atomic mass is 10.1. The number of ether oxygens (including phenoxy) is 3. The van der Waals surface area contributed by atoms with Gasteiger partial charge in [-0.05, 0) is 25.0 Å². The molecule has 0 atom stereocenters. The average Bonchev–Trinajstić information content (AvgIpc) is 2.97. The maximum Gasteiger partial charge on any atom is 0.262 e. The molecule has 1 N–H and O–H groups in total. The maximum absolute atomic E-state index is 12.7. The normalized spacial score (nSPS) is 18.3. The molecular weight excluding hydrogens is 358 g/mol.